The number of allylic oxidation sites excluding steroid dienone is 4. The van der Waals surface area contributed by atoms with Crippen molar-refractivity contribution in [1.82, 2.24) is 20.9 Å². The van der Waals surface area contributed by atoms with E-state index in [4.69, 9.17) is 9.47 Å². The molecule has 5 aliphatic rings. The number of aliphatic hydroxyl groups excluding tert-OH is 2. The third-order valence-corrected chi connectivity index (χ3v) is 13.5. The Kier molecular flexibility index (Phi) is 13.3. The number of carbonyl (C=O) groups excluding carboxylic acids is 7. The van der Waals surface area contributed by atoms with Crippen LogP contribution in [0, 0.1) is 46.3 Å². The predicted molar refractivity (Wildman–Crippen MR) is 211 cm³/mol. The quantitative estimate of drug-likeness (QED) is 0.151. The maximum absolute atomic E-state index is 15.8. The molecule has 4 unspecified atom stereocenters. The lowest BCUT2D eigenvalue weighted by Crippen LogP contribution is -2.59. The van der Waals surface area contributed by atoms with E-state index in [1.165, 1.54) is 30.9 Å². The molecule has 4 amide bonds. The lowest BCUT2D eigenvalue weighted by atomic mass is 9.46. The Hall–Kier alpha value is -4.18. The van der Waals surface area contributed by atoms with Crippen LogP contribution in [-0.4, -0.2) is 111 Å². The Labute approximate surface area is 345 Å². The maximum atomic E-state index is 15.8. The minimum Gasteiger partial charge on any atom is -0.444 e. The fourth-order valence-corrected chi connectivity index (χ4v) is 11.0. The topological polar surface area (TPSA) is 218 Å². The van der Waals surface area contributed by atoms with Gasteiger partial charge in [-0.15, -0.1) is 0 Å². The number of alkyl halides is 1. The van der Waals surface area contributed by atoms with Crippen LogP contribution in [0.4, 0.5) is 9.18 Å². The number of ether oxygens (including phenoxy) is 2. The van der Waals surface area contributed by atoms with Crippen molar-refractivity contribution in [1.29, 1.82) is 0 Å². The van der Waals surface area contributed by atoms with Gasteiger partial charge in [0.1, 0.15) is 35.9 Å². The van der Waals surface area contributed by atoms with Crippen molar-refractivity contribution in [3.8, 4) is 0 Å². The van der Waals surface area contributed by atoms with Gasteiger partial charge in [-0.25, -0.2) is 14.0 Å². The zero-order valence-corrected chi connectivity index (χ0v) is 35.9. The number of fused-ring (bicyclic) bond motifs is 5. The average molecular weight is 831 g/mol. The monoisotopic (exact) mass is 830 g/mol. The molecular weight excluding hydrogens is 767 g/mol. The van der Waals surface area contributed by atoms with Gasteiger partial charge in [0.05, 0.1) is 6.10 Å². The Morgan fingerprint density at radius 1 is 1.00 bits per heavy atom. The van der Waals surface area contributed by atoms with Crippen LogP contribution in [0.3, 0.4) is 0 Å². The summed E-state index contributed by atoms with van der Waals surface area (Å²) in [5, 5.41) is 30.5. The van der Waals surface area contributed by atoms with Crippen molar-refractivity contribution >= 4 is 41.4 Å². The van der Waals surface area contributed by atoms with E-state index in [1.807, 2.05) is 20.8 Å². The van der Waals surface area contributed by atoms with E-state index in [9.17, 15) is 43.8 Å². The number of Topliss-reactive ketones (excluding diaryl/α,β-unsaturated/α-hetero) is 1. The second kappa shape index (κ2) is 17.1. The van der Waals surface area contributed by atoms with Gasteiger partial charge in [0.2, 0.25) is 23.5 Å². The van der Waals surface area contributed by atoms with Crippen LogP contribution in [0.15, 0.2) is 23.8 Å². The van der Waals surface area contributed by atoms with Crippen LogP contribution in [-0.2, 0) is 38.2 Å². The van der Waals surface area contributed by atoms with E-state index in [2.05, 4.69) is 16.0 Å². The minimum absolute atomic E-state index is 0.0928. The Morgan fingerprint density at radius 3 is 2.29 bits per heavy atom. The van der Waals surface area contributed by atoms with E-state index in [0.717, 1.165) is 0 Å². The average Bonchev–Trinajstić information content (AvgIpc) is 3.71. The van der Waals surface area contributed by atoms with Crippen LogP contribution in [0.2, 0.25) is 0 Å². The molecular formula is C43H63FN4O11. The molecule has 0 bridgehead atoms. The summed E-state index contributed by atoms with van der Waals surface area (Å²) in [6.45, 7) is 17.0. The largest absolute Gasteiger partial charge is 0.444 e. The van der Waals surface area contributed by atoms with Crippen molar-refractivity contribution in [2.24, 2.45) is 46.3 Å². The van der Waals surface area contributed by atoms with Crippen LogP contribution in [0.1, 0.15) is 101 Å². The van der Waals surface area contributed by atoms with Crippen molar-refractivity contribution in [2.45, 2.75) is 150 Å². The SMILES string of the molecule is CC(C)[C@H](NC(=O)[C@@H]1CCCN1C(=O)[C@H](C)NC(=O)[C@H](C)NC(=O)OC(C)(C)C)C(=O)OC(O)C(=O)[C@H]1[C@H](C)CC2C3C[C@H](F)C4=CC(=O)C=C[C@]4(C)C3[C@@H](O)C[C@@]21C. The summed E-state index contributed by atoms with van der Waals surface area (Å²) in [6.07, 6.45) is 0.698. The number of aliphatic hydroxyl groups is 2. The van der Waals surface area contributed by atoms with Gasteiger partial charge in [-0.2, -0.15) is 0 Å². The molecule has 3 saturated carbocycles. The van der Waals surface area contributed by atoms with Crippen molar-refractivity contribution in [2.75, 3.05) is 6.54 Å². The highest BCUT2D eigenvalue weighted by Gasteiger charge is 2.66. The molecule has 59 heavy (non-hydrogen) atoms. The second-order valence-electron chi connectivity index (χ2n) is 19.3. The van der Waals surface area contributed by atoms with Gasteiger partial charge in [0, 0.05) is 23.8 Å². The smallest absolute Gasteiger partial charge is 0.408 e. The molecule has 0 spiro atoms. The summed E-state index contributed by atoms with van der Waals surface area (Å²) >= 11 is 0. The van der Waals surface area contributed by atoms with Crippen LogP contribution in [0.25, 0.3) is 0 Å². The standard InChI is InChI=1S/C43H63FN4O11/c1-20(2)33(47-36(53)29-12-11-15-48(29)37(54)23(5)45-35(52)22(4)46-40(57)59-41(6,7)8)38(55)58-39(56)34(51)31-21(3)16-26-25-18-28(44)27-17-24(49)13-14-42(27,9)32(25)30(50)19-43(26,31)10/h13-14,17,20-23,25-26,28-33,39,50,56H,11-12,15-16,18-19H2,1-10H3,(H,45,52)(H,46,57)(H,47,53)/t21-,22+,23+,25?,26?,28+,29+,30+,31-,32?,33+,39?,42+,43+/m1/s1. The number of likely N-dealkylation sites (tertiary alicyclic amines) is 1. The summed E-state index contributed by atoms with van der Waals surface area (Å²) in [5.41, 5.74) is -2.14. The number of esters is 1. The summed E-state index contributed by atoms with van der Waals surface area (Å²) in [6, 6.07) is -4.38. The molecule has 0 aromatic rings. The number of carbonyl (C=O) groups is 7. The van der Waals surface area contributed by atoms with Crippen molar-refractivity contribution in [3.05, 3.63) is 23.8 Å². The molecule has 1 saturated heterocycles. The first-order valence-electron chi connectivity index (χ1n) is 20.9. The molecule has 14 atom stereocenters. The zero-order valence-electron chi connectivity index (χ0n) is 35.9. The fraction of sp³-hybridized carbons (Fsp3) is 0.744. The first-order chi connectivity index (χ1) is 27.3. The lowest BCUT2D eigenvalue weighted by molar-refractivity contribution is -0.185. The molecule has 0 aromatic carbocycles. The van der Waals surface area contributed by atoms with Gasteiger partial charge in [-0.3, -0.25) is 24.0 Å². The number of nitrogens with one attached hydrogen (secondary N) is 3. The predicted octanol–water partition coefficient (Wildman–Crippen LogP) is 3.06. The van der Waals surface area contributed by atoms with E-state index in [0.29, 0.717) is 18.4 Å². The van der Waals surface area contributed by atoms with Gasteiger partial charge < -0.3 is 40.5 Å². The van der Waals surface area contributed by atoms with Crippen molar-refractivity contribution in [3.63, 3.8) is 0 Å². The summed E-state index contributed by atoms with van der Waals surface area (Å²) in [5.74, 6) is -6.50. The molecule has 5 N–H and O–H groups in total. The zero-order chi connectivity index (χ0) is 44.1. The maximum Gasteiger partial charge on any atom is 0.408 e. The normalized spacial score (nSPS) is 34.6. The van der Waals surface area contributed by atoms with Crippen LogP contribution >= 0.6 is 0 Å². The molecule has 15 nitrogen and oxygen atoms in total. The number of hydrogen-bond donors (Lipinski definition) is 5. The number of amides is 4. The Balaban J connectivity index is 1.21. The van der Waals surface area contributed by atoms with E-state index in [-0.39, 0.29) is 55.3 Å². The third kappa shape index (κ3) is 9.13. The van der Waals surface area contributed by atoms with Gasteiger partial charge in [0.25, 0.3) is 6.29 Å². The molecule has 0 aromatic heterocycles. The van der Waals surface area contributed by atoms with Gasteiger partial charge in [-0.1, -0.05) is 40.7 Å². The number of ketones is 2. The summed E-state index contributed by atoms with van der Waals surface area (Å²) < 4.78 is 26.4. The molecule has 0 radical (unpaired) electrons. The van der Waals surface area contributed by atoms with Crippen LogP contribution < -0.4 is 16.0 Å². The highest BCUT2D eigenvalue weighted by Crippen LogP contribution is 2.67. The third-order valence-electron chi connectivity index (χ3n) is 13.5. The van der Waals surface area contributed by atoms with Crippen molar-refractivity contribution < 1.29 is 57.6 Å². The molecule has 4 aliphatic carbocycles. The van der Waals surface area contributed by atoms with Crippen LogP contribution in [0.5, 0.6) is 0 Å². The lowest BCUT2D eigenvalue weighted by Gasteiger charge is -2.59. The molecule has 1 heterocycles. The van der Waals surface area contributed by atoms with E-state index >= 15 is 4.39 Å². The number of alkyl carbamates (subject to hydrolysis) is 1. The van der Waals surface area contributed by atoms with Gasteiger partial charge in [-0.05, 0) is 114 Å². The van der Waals surface area contributed by atoms with E-state index in [1.54, 1.807) is 40.7 Å². The van der Waals surface area contributed by atoms with E-state index < -0.39 is 107 Å². The van der Waals surface area contributed by atoms with Gasteiger partial charge >= 0.3 is 12.1 Å². The number of hydrogen-bond acceptors (Lipinski definition) is 11. The minimum atomic E-state index is -2.18. The number of halogens is 1. The molecule has 328 valence electrons. The Bertz CT molecular complexity index is 1780. The molecule has 5 rings (SSSR count). The first-order valence-corrected chi connectivity index (χ1v) is 20.9. The second-order valence-corrected chi connectivity index (χ2v) is 19.3. The number of nitrogens with zero attached hydrogens (tertiary/aromatic N) is 1. The Morgan fingerprint density at radius 2 is 1.66 bits per heavy atom. The number of rotatable bonds is 11. The molecule has 16 heteroatoms. The summed E-state index contributed by atoms with van der Waals surface area (Å²) in [4.78, 5) is 93.3. The first kappa shape index (κ1) is 45.9. The molecule has 1 aliphatic heterocycles. The highest BCUT2D eigenvalue weighted by atomic mass is 19.1. The molecule has 4 fully saturated rings. The van der Waals surface area contributed by atoms with Gasteiger partial charge in [0.15, 0.2) is 5.78 Å². The highest BCUT2D eigenvalue weighted by molar-refractivity contribution is 6.01. The summed E-state index contributed by atoms with van der Waals surface area (Å²) in [7, 11) is 0. The fourth-order valence-electron chi connectivity index (χ4n) is 11.0.